The van der Waals surface area contributed by atoms with Crippen LogP contribution in [-0.4, -0.2) is 17.9 Å². The molecule has 0 radical (unpaired) electrons. The number of hydrogen-bond acceptors (Lipinski definition) is 3. The molecule has 0 saturated carbocycles. The van der Waals surface area contributed by atoms with Crippen LogP contribution in [0.25, 0.3) is 0 Å². The zero-order valence-corrected chi connectivity index (χ0v) is 14.6. The highest BCUT2D eigenvalue weighted by molar-refractivity contribution is 6.30. The second-order valence-corrected chi connectivity index (χ2v) is 6.15. The van der Waals surface area contributed by atoms with Crippen LogP contribution < -0.4 is 10.2 Å². The van der Waals surface area contributed by atoms with Crippen molar-refractivity contribution in [3.63, 3.8) is 0 Å². The molecule has 0 aliphatic heterocycles. The van der Waals surface area contributed by atoms with Gasteiger partial charge in [-0.15, -0.1) is 0 Å². The predicted octanol–water partition coefficient (Wildman–Crippen LogP) is 4.62. The third-order valence-corrected chi connectivity index (χ3v) is 3.98. The summed E-state index contributed by atoms with van der Waals surface area (Å²) in [4.78, 5) is 18.8. The fourth-order valence-corrected chi connectivity index (χ4v) is 2.67. The van der Waals surface area contributed by atoms with Crippen LogP contribution >= 0.6 is 11.6 Å². The van der Waals surface area contributed by atoms with Crippen LogP contribution in [0.3, 0.4) is 0 Å². The molecule has 1 N–H and O–H groups in total. The van der Waals surface area contributed by atoms with Gasteiger partial charge in [-0.2, -0.15) is 0 Å². The molecule has 3 rings (SSSR count). The van der Waals surface area contributed by atoms with Crippen molar-refractivity contribution >= 4 is 29.0 Å². The molecule has 25 heavy (non-hydrogen) atoms. The van der Waals surface area contributed by atoms with E-state index in [0.29, 0.717) is 22.8 Å². The van der Waals surface area contributed by atoms with Gasteiger partial charge in [-0.1, -0.05) is 48.0 Å². The highest BCUT2D eigenvalue weighted by Crippen LogP contribution is 2.18. The van der Waals surface area contributed by atoms with Gasteiger partial charge in [0, 0.05) is 36.1 Å². The van der Waals surface area contributed by atoms with Gasteiger partial charge in [-0.05, 0) is 35.9 Å². The number of hydrogen-bond donors (Lipinski definition) is 1. The Balaban J connectivity index is 1.73. The molecule has 3 aromatic rings. The molecular weight excluding hydrogens is 334 g/mol. The van der Waals surface area contributed by atoms with Gasteiger partial charge >= 0.3 is 0 Å². The maximum Gasteiger partial charge on any atom is 0.255 e. The molecular formula is C20H18ClN3O. The lowest BCUT2D eigenvalue weighted by Crippen LogP contribution is -2.19. The minimum atomic E-state index is -0.195. The van der Waals surface area contributed by atoms with E-state index >= 15 is 0 Å². The van der Waals surface area contributed by atoms with Crippen molar-refractivity contribution in [2.24, 2.45) is 0 Å². The largest absolute Gasteiger partial charge is 0.355 e. The third kappa shape index (κ3) is 4.58. The number of anilines is 2. The van der Waals surface area contributed by atoms with Gasteiger partial charge in [0.05, 0.1) is 0 Å². The molecule has 0 spiro atoms. The molecule has 0 atom stereocenters. The monoisotopic (exact) mass is 351 g/mol. The van der Waals surface area contributed by atoms with Crippen LogP contribution in [0.2, 0.25) is 5.02 Å². The molecule has 1 aromatic heterocycles. The number of amides is 1. The first-order valence-electron chi connectivity index (χ1n) is 7.90. The van der Waals surface area contributed by atoms with E-state index in [9.17, 15) is 4.79 Å². The lowest BCUT2D eigenvalue weighted by Gasteiger charge is -2.18. The zero-order valence-electron chi connectivity index (χ0n) is 13.8. The van der Waals surface area contributed by atoms with Gasteiger partial charge in [-0.3, -0.25) is 4.79 Å². The minimum absolute atomic E-state index is 0.195. The van der Waals surface area contributed by atoms with Crippen molar-refractivity contribution in [2.45, 2.75) is 6.54 Å². The first-order chi connectivity index (χ1) is 12.1. The summed E-state index contributed by atoms with van der Waals surface area (Å²) in [6.45, 7) is 0.715. The number of aromatic nitrogens is 1. The summed E-state index contributed by atoms with van der Waals surface area (Å²) in [6.07, 6.45) is 1.64. The van der Waals surface area contributed by atoms with Crippen molar-refractivity contribution in [3.8, 4) is 0 Å². The summed E-state index contributed by atoms with van der Waals surface area (Å²) in [5.41, 5.74) is 2.39. The second kappa shape index (κ2) is 7.81. The van der Waals surface area contributed by atoms with Crippen LogP contribution in [0.15, 0.2) is 72.9 Å². The molecule has 4 nitrogen and oxygen atoms in total. The van der Waals surface area contributed by atoms with Gasteiger partial charge in [0.2, 0.25) is 0 Å². The number of pyridine rings is 1. The Morgan fingerprint density at radius 3 is 2.64 bits per heavy atom. The Bertz CT molecular complexity index is 868. The van der Waals surface area contributed by atoms with E-state index in [0.717, 1.165) is 5.82 Å². The smallest absolute Gasteiger partial charge is 0.255 e. The van der Waals surface area contributed by atoms with Crippen LogP contribution in [0.1, 0.15) is 15.9 Å². The van der Waals surface area contributed by atoms with Crippen LogP contribution in [0.5, 0.6) is 0 Å². The number of nitrogens with one attached hydrogen (secondary N) is 1. The first kappa shape index (κ1) is 17.0. The van der Waals surface area contributed by atoms with E-state index in [1.165, 1.54) is 5.56 Å². The fraction of sp³-hybridized carbons (Fsp3) is 0.100. The molecule has 1 amide bonds. The number of carbonyl (C=O) groups excluding carboxylic acids is 1. The number of benzene rings is 2. The fourth-order valence-electron chi connectivity index (χ4n) is 2.48. The number of nitrogens with zero attached hydrogens (tertiary/aromatic N) is 2. The van der Waals surface area contributed by atoms with Crippen molar-refractivity contribution in [3.05, 3.63) is 89.1 Å². The maximum absolute atomic E-state index is 12.5. The Labute approximate surface area is 152 Å². The SMILES string of the molecule is CN(Cc1ccccc1)c1cc(C(=O)Nc2cccc(Cl)c2)ccn1. The topological polar surface area (TPSA) is 45.2 Å². The predicted molar refractivity (Wildman–Crippen MR) is 102 cm³/mol. The lowest BCUT2D eigenvalue weighted by atomic mass is 10.2. The Morgan fingerprint density at radius 2 is 1.88 bits per heavy atom. The van der Waals surface area contributed by atoms with E-state index in [1.807, 2.05) is 30.1 Å². The molecule has 0 aliphatic rings. The van der Waals surface area contributed by atoms with Gasteiger partial charge in [0.1, 0.15) is 5.82 Å². The van der Waals surface area contributed by atoms with Crippen molar-refractivity contribution < 1.29 is 4.79 Å². The van der Waals surface area contributed by atoms with E-state index in [4.69, 9.17) is 11.6 Å². The van der Waals surface area contributed by atoms with Crippen molar-refractivity contribution in [1.29, 1.82) is 0 Å². The van der Waals surface area contributed by atoms with Gasteiger partial charge in [0.15, 0.2) is 0 Å². The molecule has 0 bridgehead atoms. The summed E-state index contributed by atoms with van der Waals surface area (Å²) in [5.74, 6) is 0.543. The summed E-state index contributed by atoms with van der Waals surface area (Å²) in [5, 5.41) is 3.42. The van der Waals surface area contributed by atoms with Gasteiger partial charge in [0.25, 0.3) is 5.91 Å². The highest BCUT2D eigenvalue weighted by Gasteiger charge is 2.10. The maximum atomic E-state index is 12.5. The van der Waals surface area contributed by atoms with E-state index in [2.05, 4.69) is 22.4 Å². The van der Waals surface area contributed by atoms with E-state index in [1.54, 1.807) is 42.6 Å². The molecule has 126 valence electrons. The van der Waals surface area contributed by atoms with Crippen molar-refractivity contribution in [2.75, 3.05) is 17.3 Å². The number of rotatable bonds is 5. The molecule has 0 unspecified atom stereocenters. The summed E-state index contributed by atoms with van der Waals surface area (Å²) >= 11 is 5.95. The summed E-state index contributed by atoms with van der Waals surface area (Å²) in [7, 11) is 1.95. The molecule has 0 fully saturated rings. The van der Waals surface area contributed by atoms with E-state index < -0.39 is 0 Å². The van der Waals surface area contributed by atoms with E-state index in [-0.39, 0.29) is 5.91 Å². The molecule has 0 aliphatic carbocycles. The van der Waals surface area contributed by atoms with Gasteiger partial charge in [-0.25, -0.2) is 4.98 Å². The van der Waals surface area contributed by atoms with Gasteiger partial charge < -0.3 is 10.2 Å². The van der Waals surface area contributed by atoms with Crippen LogP contribution in [0.4, 0.5) is 11.5 Å². The third-order valence-electron chi connectivity index (χ3n) is 3.74. The molecule has 0 saturated heterocycles. The lowest BCUT2D eigenvalue weighted by molar-refractivity contribution is 0.102. The average Bonchev–Trinajstić information content (AvgIpc) is 2.62. The molecule has 5 heteroatoms. The zero-order chi connectivity index (χ0) is 17.6. The molecule has 2 aromatic carbocycles. The molecule has 1 heterocycles. The average molecular weight is 352 g/mol. The summed E-state index contributed by atoms with van der Waals surface area (Å²) < 4.78 is 0. The first-order valence-corrected chi connectivity index (χ1v) is 8.27. The standard InChI is InChI=1S/C20H18ClN3O/c1-24(14-15-6-3-2-4-7-15)19-12-16(10-11-22-19)20(25)23-18-9-5-8-17(21)13-18/h2-13H,14H2,1H3,(H,23,25). The normalized spacial score (nSPS) is 10.3. The Kier molecular flexibility index (Phi) is 5.31. The Morgan fingerprint density at radius 1 is 1.08 bits per heavy atom. The highest BCUT2D eigenvalue weighted by atomic mass is 35.5. The summed E-state index contributed by atoms with van der Waals surface area (Å²) in [6, 6.07) is 20.7. The quantitative estimate of drug-likeness (QED) is 0.729. The van der Waals surface area contributed by atoms with Crippen LogP contribution in [-0.2, 0) is 6.54 Å². The minimum Gasteiger partial charge on any atom is -0.355 e. The Hall–Kier alpha value is -2.85. The second-order valence-electron chi connectivity index (χ2n) is 5.71. The van der Waals surface area contributed by atoms with Crippen LogP contribution in [0, 0.1) is 0 Å². The number of carbonyl (C=O) groups is 1. The van der Waals surface area contributed by atoms with Crippen molar-refractivity contribution in [1.82, 2.24) is 4.98 Å². The number of halogens is 1.